The molecule has 6 heteroatoms. The highest BCUT2D eigenvalue weighted by Gasteiger charge is 2.20. The van der Waals surface area contributed by atoms with Crippen LogP contribution in [-0.2, 0) is 11.2 Å². The van der Waals surface area contributed by atoms with Gasteiger partial charge >= 0.3 is 0 Å². The molecule has 0 unspecified atom stereocenters. The van der Waals surface area contributed by atoms with Crippen LogP contribution in [0.2, 0.25) is 10.0 Å². The fraction of sp³-hybridized carbons (Fsp3) is 0.350. The summed E-state index contributed by atoms with van der Waals surface area (Å²) in [5.74, 6) is 0.0678. The summed E-state index contributed by atoms with van der Waals surface area (Å²) in [7, 11) is 0. The van der Waals surface area contributed by atoms with E-state index in [1.165, 1.54) is 0 Å². The molecule has 0 aromatic heterocycles. The van der Waals surface area contributed by atoms with E-state index < -0.39 is 0 Å². The van der Waals surface area contributed by atoms with Gasteiger partial charge in [0.2, 0.25) is 5.91 Å². The molecule has 1 N–H and O–H groups in total. The van der Waals surface area contributed by atoms with Gasteiger partial charge in [0.05, 0.1) is 17.3 Å². The number of carbonyl (C=O) groups is 1. The summed E-state index contributed by atoms with van der Waals surface area (Å²) in [6, 6.07) is 15.6. The molecular weight excluding hydrogens is 369 g/mol. The molecule has 4 nitrogen and oxygen atoms in total. The molecule has 138 valence electrons. The lowest BCUT2D eigenvalue weighted by atomic mass is 10.1. The van der Waals surface area contributed by atoms with E-state index in [1.54, 1.807) is 0 Å². The first kappa shape index (κ1) is 19.0. The number of benzene rings is 2. The molecule has 1 heterocycles. The Morgan fingerprint density at radius 3 is 2.50 bits per heavy atom. The van der Waals surface area contributed by atoms with E-state index in [0.29, 0.717) is 13.1 Å². The summed E-state index contributed by atoms with van der Waals surface area (Å²) in [5, 5.41) is 4.50. The zero-order valence-electron chi connectivity index (χ0n) is 14.6. The minimum absolute atomic E-state index is 0.0678. The van der Waals surface area contributed by atoms with Crippen molar-refractivity contribution < 1.29 is 4.79 Å². The second-order valence-corrected chi connectivity index (χ2v) is 7.29. The van der Waals surface area contributed by atoms with E-state index >= 15 is 0 Å². The molecule has 2 aromatic carbocycles. The Balaban J connectivity index is 1.39. The van der Waals surface area contributed by atoms with Crippen LogP contribution in [0.15, 0.2) is 48.5 Å². The third-order valence-corrected chi connectivity index (χ3v) is 5.11. The maximum Gasteiger partial charge on any atom is 0.234 e. The number of hydrogen-bond acceptors (Lipinski definition) is 3. The second-order valence-electron chi connectivity index (χ2n) is 6.44. The zero-order valence-corrected chi connectivity index (χ0v) is 16.1. The normalized spacial score (nSPS) is 15.1. The Morgan fingerprint density at radius 2 is 1.77 bits per heavy atom. The fourth-order valence-electron chi connectivity index (χ4n) is 3.15. The summed E-state index contributed by atoms with van der Waals surface area (Å²) in [5.41, 5.74) is 2.20. The van der Waals surface area contributed by atoms with Crippen LogP contribution in [0.4, 0.5) is 5.69 Å². The van der Waals surface area contributed by atoms with Gasteiger partial charge in [-0.25, -0.2) is 0 Å². The van der Waals surface area contributed by atoms with E-state index in [9.17, 15) is 4.79 Å². The smallest absolute Gasteiger partial charge is 0.234 e. The standard InChI is InChI=1S/C20H23Cl2N3O/c21-17-5-3-4-16(14-17)8-9-23-20(26)15-24-10-12-25(13-11-24)19-7-2-1-6-18(19)22/h1-7,14H,8-13,15H2,(H,23,26). The number of carbonyl (C=O) groups excluding carboxylic acids is 1. The van der Waals surface area contributed by atoms with Crippen molar-refractivity contribution in [3.8, 4) is 0 Å². The van der Waals surface area contributed by atoms with E-state index in [0.717, 1.165) is 53.9 Å². The van der Waals surface area contributed by atoms with E-state index in [4.69, 9.17) is 23.2 Å². The minimum Gasteiger partial charge on any atom is -0.368 e. The van der Waals surface area contributed by atoms with Crippen LogP contribution < -0.4 is 10.2 Å². The number of hydrogen-bond donors (Lipinski definition) is 1. The Kier molecular flexibility index (Phi) is 6.78. The molecule has 0 radical (unpaired) electrons. The molecule has 1 fully saturated rings. The van der Waals surface area contributed by atoms with Crippen LogP contribution in [0.3, 0.4) is 0 Å². The van der Waals surface area contributed by atoms with Gasteiger partial charge in [-0.15, -0.1) is 0 Å². The first-order valence-corrected chi connectivity index (χ1v) is 9.60. The lowest BCUT2D eigenvalue weighted by molar-refractivity contribution is -0.122. The van der Waals surface area contributed by atoms with Crippen molar-refractivity contribution in [1.29, 1.82) is 0 Å². The quantitative estimate of drug-likeness (QED) is 0.818. The summed E-state index contributed by atoms with van der Waals surface area (Å²) in [4.78, 5) is 16.6. The van der Waals surface area contributed by atoms with Crippen LogP contribution >= 0.6 is 23.2 Å². The van der Waals surface area contributed by atoms with Crippen LogP contribution in [0, 0.1) is 0 Å². The molecular formula is C20H23Cl2N3O. The van der Waals surface area contributed by atoms with Crippen molar-refractivity contribution >= 4 is 34.8 Å². The van der Waals surface area contributed by atoms with E-state index in [2.05, 4.69) is 15.1 Å². The van der Waals surface area contributed by atoms with Crippen molar-refractivity contribution in [3.05, 3.63) is 64.1 Å². The Morgan fingerprint density at radius 1 is 1.00 bits per heavy atom. The number of nitrogens with one attached hydrogen (secondary N) is 1. The minimum atomic E-state index is 0.0678. The predicted octanol–water partition coefficient (Wildman–Crippen LogP) is 3.47. The number of piperazine rings is 1. The molecule has 2 aromatic rings. The van der Waals surface area contributed by atoms with E-state index in [1.807, 2.05) is 48.5 Å². The first-order valence-electron chi connectivity index (χ1n) is 8.85. The average molecular weight is 392 g/mol. The lowest BCUT2D eigenvalue weighted by Gasteiger charge is -2.36. The third-order valence-electron chi connectivity index (χ3n) is 4.56. The maximum atomic E-state index is 12.2. The molecule has 1 aliphatic heterocycles. The lowest BCUT2D eigenvalue weighted by Crippen LogP contribution is -2.49. The molecule has 0 aliphatic carbocycles. The Hall–Kier alpha value is -1.75. The summed E-state index contributed by atoms with van der Waals surface area (Å²) >= 11 is 12.2. The van der Waals surface area contributed by atoms with Gasteiger partial charge in [-0.05, 0) is 36.2 Å². The molecule has 26 heavy (non-hydrogen) atoms. The zero-order chi connectivity index (χ0) is 18.4. The summed E-state index contributed by atoms with van der Waals surface area (Å²) in [6.45, 7) is 4.52. The monoisotopic (exact) mass is 391 g/mol. The van der Waals surface area contributed by atoms with Crippen LogP contribution in [0.1, 0.15) is 5.56 Å². The van der Waals surface area contributed by atoms with Crippen molar-refractivity contribution in [2.24, 2.45) is 0 Å². The fourth-order valence-corrected chi connectivity index (χ4v) is 3.62. The molecule has 0 saturated carbocycles. The number of amides is 1. The summed E-state index contributed by atoms with van der Waals surface area (Å²) in [6.07, 6.45) is 0.784. The van der Waals surface area contributed by atoms with E-state index in [-0.39, 0.29) is 5.91 Å². The number of nitrogens with zero attached hydrogens (tertiary/aromatic N) is 2. The topological polar surface area (TPSA) is 35.6 Å². The molecule has 0 bridgehead atoms. The van der Waals surface area contributed by atoms with Crippen molar-refractivity contribution in [2.75, 3.05) is 44.2 Å². The molecule has 1 aliphatic rings. The van der Waals surface area contributed by atoms with Gasteiger partial charge in [-0.3, -0.25) is 9.69 Å². The number of rotatable bonds is 6. The third kappa shape index (κ3) is 5.37. The molecule has 3 rings (SSSR count). The highest BCUT2D eigenvalue weighted by Crippen LogP contribution is 2.25. The van der Waals surface area contributed by atoms with Gasteiger partial charge < -0.3 is 10.2 Å². The molecule has 0 atom stereocenters. The largest absolute Gasteiger partial charge is 0.368 e. The van der Waals surface area contributed by atoms with Crippen molar-refractivity contribution in [1.82, 2.24) is 10.2 Å². The van der Waals surface area contributed by atoms with Gasteiger partial charge in [0.25, 0.3) is 0 Å². The predicted molar refractivity (Wildman–Crippen MR) is 108 cm³/mol. The van der Waals surface area contributed by atoms with Gasteiger partial charge in [0.1, 0.15) is 0 Å². The van der Waals surface area contributed by atoms with Crippen LogP contribution in [0.5, 0.6) is 0 Å². The average Bonchev–Trinajstić information content (AvgIpc) is 2.63. The number of halogens is 2. The number of anilines is 1. The molecule has 1 amide bonds. The number of para-hydroxylation sites is 1. The highest BCUT2D eigenvalue weighted by atomic mass is 35.5. The summed E-state index contributed by atoms with van der Waals surface area (Å²) < 4.78 is 0. The van der Waals surface area contributed by atoms with Gasteiger partial charge in [-0.2, -0.15) is 0 Å². The van der Waals surface area contributed by atoms with Gasteiger partial charge in [-0.1, -0.05) is 47.5 Å². The molecule has 0 spiro atoms. The van der Waals surface area contributed by atoms with Crippen molar-refractivity contribution in [2.45, 2.75) is 6.42 Å². The SMILES string of the molecule is O=C(CN1CCN(c2ccccc2Cl)CC1)NCCc1cccc(Cl)c1. The van der Waals surface area contributed by atoms with Crippen LogP contribution in [-0.4, -0.2) is 50.1 Å². The van der Waals surface area contributed by atoms with Gasteiger partial charge in [0.15, 0.2) is 0 Å². The molecule has 1 saturated heterocycles. The Labute approximate surface area is 164 Å². The highest BCUT2D eigenvalue weighted by molar-refractivity contribution is 6.33. The Bertz CT molecular complexity index is 745. The second kappa shape index (κ2) is 9.26. The van der Waals surface area contributed by atoms with Crippen molar-refractivity contribution in [3.63, 3.8) is 0 Å². The van der Waals surface area contributed by atoms with Gasteiger partial charge in [0, 0.05) is 37.7 Å². The first-order chi connectivity index (χ1) is 12.6. The maximum absolute atomic E-state index is 12.2. The van der Waals surface area contributed by atoms with Crippen LogP contribution in [0.25, 0.3) is 0 Å².